The highest BCUT2D eigenvalue weighted by Gasteiger charge is 2.30. The van der Waals surface area contributed by atoms with Crippen LogP contribution in [0.4, 0.5) is 0 Å². The Morgan fingerprint density at radius 3 is 1.44 bits per heavy atom. The van der Waals surface area contributed by atoms with E-state index in [1.54, 1.807) is 0 Å². The fraction of sp³-hybridized carbons (Fsp3) is 0.923. The van der Waals surface area contributed by atoms with Gasteiger partial charge >= 0.3 is 0 Å². The van der Waals surface area contributed by atoms with Crippen LogP contribution in [0.25, 0.3) is 0 Å². The highest BCUT2D eigenvalue weighted by Crippen LogP contribution is 2.26. The van der Waals surface area contributed by atoms with Crippen LogP contribution in [0, 0.1) is 11.8 Å². The lowest BCUT2D eigenvalue weighted by Crippen LogP contribution is -2.39. The molecule has 0 atom stereocenters. The van der Waals surface area contributed by atoms with Crippen molar-refractivity contribution in [1.29, 1.82) is 0 Å². The minimum absolute atomic E-state index is 0.365. The van der Waals surface area contributed by atoms with Gasteiger partial charge < -0.3 is 9.80 Å². The maximum absolute atomic E-state index is 12.3. The zero-order valence-corrected chi connectivity index (χ0v) is 10.6. The number of Topliss-reactive ketones (excluding diaryl/α,β-unsaturated/α-hetero) is 1. The molecule has 2 aliphatic heterocycles. The Balaban J connectivity index is 1.83. The Kier molecular flexibility index (Phi) is 3.98. The second-order valence-corrected chi connectivity index (χ2v) is 5.56. The van der Waals surface area contributed by atoms with Crippen molar-refractivity contribution in [2.75, 3.05) is 40.3 Å². The van der Waals surface area contributed by atoms with E-state index >= 15 is 0 Å². The average molecular weight is 224 g/mol. The van der Waals surface area contributed by atoms with Gasteiger partial charge in [-0.3, -0.25) is 4.79 Å². The monoisotopic (exact) mass is 224 g/mol. The SMILES string of the molecule is CN1CCC(C(=O)C2CCN(C)CC2)CC1. The van der Waals surface area contributed by atoms with E-state index in [4.69, 9.17) is 0 Å². The quantitative estimate of drug-likeness (QED) is 0.705. The average Bonchev–Trinajstić information content (AvgIpc) is 2.30. The normalized spacial score (nSPS) is 27.1. The second-order valence-electron chi connectivity index (χ2n) is 5.56. The van der Waals surface area contributed by atoms with E-state index in [0.717, 1.165) is 51.9 Å². The van der Waals surface area contributed by atoms with Crippen LogP contribution < -0.4 is 0 Å². The van der Waals surface area contributed by atoms with Crippen molar-refractivity contribution in [3.8, 4) is 0 Å². The second kappa shape index (κ2) is 5.28. The molecule has 3 nitrogen and oxygen atoms in total. The van der Waals surface area contributed by atoms with Gasteiger partial charge in [-0.05, 0) is 66.0 Å². The molecule has 0 spiro atoms. The number of hydrogen-bond donors (Lipinski definition) is 0. The summed E-state index contributed by atoms with van der Waals surface area (Å²) in [7, 11) is 4.30. The zero-order chi connectivity index (χ0) is 11.5. The first-order chi connectivity index (χ1) is 7.66. The summed E-state index contributed by atoms with van der Waals surface area (Å²) in [5.41, 5.74) is 0. The smallest absolute Gasteiger partial charge is 0.139 e. The van der Waals surface area contributed by atoms with E-state index in [1.165, 1.54) is 0 Å². The first kappa shape index (κ1) is 12.1. The lowest BCUT2D eigenvalue weighted by molar-refractivity contribution is -0.129. The van der Waals surface area contributed by atoms with E-state index in [2.05, 4.69) is 23.9 Å². The van der Waals surface area contributed by atoms with E-state index in [9.17, 15) is 4.79 Å². The Hall–Kier alpha value is -0.410. The Bertz CT molecular complexity index is 214. The van der Waals surface area contributed by atoms with Crippen LogP contribution in [0.1, 0.15) is 25.7 Å². The molecule has 3 heteroatoms. The lowest BCUT2D eigenvalue weighted by Gasteiger charge is -2.33. The Morgan fingerprint density at radius 2 is 1.12 bits per heavy atom. The molecule has 0 bridgehead atoms. The number of piperidine rings is 2. The molecule has 0 radical (unpaired) electrons. The minimum atomic E-state index is 0.365. The number of ketones is 1. The first-order valence-corrected chi connectivity index (χ1v) is 6.57. The third-order valence-electron chi connectivity index (χ3n) is 4.24. The van der Waals surface area contributed by atoms with Crippen molar-refractivity contribution in [3.63, 3.8) is 0 Å². The van der Waals surface area contributed by atoms with Crippen LogP contribution in [-0.2, 0) is 4.79 Å². The third-order valence-corrected chi connectivity index (χ3v) is 4.24. The molecule has 0 aliphatic carbocycles. The summed E-state index contributed by atoms with van der Waals surface area (Å²) in [6, 6.07) is 0. The standard InChI is InChI=1S/C13H24N2O/c1-14-7-3-11(4-8-14)13(16)12-5-9-15(2)10-6-12/h11-12H,3-10H2,1-2H3. The van der Waals surface area contributed by atoms with Gasteiger partial charge in [0.05, 0.1) is 0 Å². The summed E-state index contributed by atoms with van der Waals surface area (Å²) < 4.78 is 0. The molecule has 0 unspecified atom stereocenters. The molecule has 2 aliphatic rings. The van der Waals surface area contributed by atoms with Gasteiger partial charge in [0.25, 0.3) is 0 Å². The van der Waals surface area contributed by atoms with Crippen LogP contribution in [0.3, 0.4) is 0 Å². The van der Waals surface area contributed by atoms with E-state index in [0.29, 0.717) is 17.6 Å². The number of carbonyl (C=O) groups excluding carboxylic acids is 1. The fourth-order valence-electron chi connectivity index (χ4n) is 2.92. The van der Waals surface area contributed by atoms with Gasteiger partial charge in [-0.25, -0.2) is 0 Å². The molecule has 0 aromatic carbocycles. The molecule has 0 amide bonds. The van der Waals surface area contributed by atoms with E-state index in [-0.39, 0.29) is 0 Å². The van der Waals surface area contributed by atoms with Crippen molar-refractivity contribution in [1.82, 2.24) is 9.80 Å². The van der Waals surface area contributed by atoms with Gasteiger partial charge in [0, 0.05) is 11.8 Å². The van der Waals surface area contributed by atoms with Gasteiger partial charge in [-0.2, -0.15) is 0 Å². The molecule has 2 fully saturated rings. The molecule has 0 aromatic heterocycles. The van der Waals surface area contributed by atoms with Crippen LogP contribution in [-0.4, -0.2) is 55.9 Å². The van der Waals surface area contributed by atoms with Gasteiger partial charge in [-0.1, -0.05) is 0 Å². The van der Waals surface area contributed by atoms with Crippen LogP contribution >= 0.6 is 0 Å². The van der Waals surface area contributed by atoms with Crippen LogP contribution in [0.2, 0.25) is 0 Å². The predicted molar refractivity (Wildman–Crippen MR) is 65.4 cm³/mol. The Labute approximate surface area is 98.8 Å². The molecule has 92 valence electrons. The summed E-state index contributed by atoms with van der Waals surface area (Å²) in [6.45, 7) is 4.40. The van der Waals surface area contributed by atoms with E-state index < -0.39 is 0 Å². The maximum Gasteiger partial charge on any atom is 0.139 e. The molecule has 2 saturated heterocycles. The topological polar surface area (TPSA) is 23.6 Å². The van der Waals surface area contributed by atoms with Gasteiger partial charge in [0.1, 0.15) is 5.78 Å². The van der Waals surface area contributed by atoms with Gasteiger partial charge in [-0.15, -0.1) is 0 Å². The van der Waals surface area contributed by atoms with E-state index in [1.807, 2.05) is 0 Å². The molecule has 16 heavy (non-hydrogen) atoms. The number of carbonyl (C=O) groups is 1. The summed E-state index contributed by atoms with van der Waals surface area (Å²) in [6.07, 6.45) is 4.34. The summed E-state index contributed by atoms with van der Waals surface area (Å²) in [5.74, 6) is 1.30. The summed E-state index contributed by atoms with van der Waals surface area (Å²) >= 11 is 0. The number of likely N-dealkylation sites (tertiary alicyclic amines) is 2. The van der Waals surface area contributed by atoms with Crippen molar-refractivity contribution in [2.45, 2.75) is 25.7 Å². The highest BCUT2D eigenvalue weighted by atomic mass is 16.1. The molecule has 0 aromatic rings. The van der Waals surface area contributed by atoms with Crippen molar-refractivity contribution in [3.05, 3.63) is 0 Å². The molecule has 2 rings (SSSR count). The molecular formula is C13H24N2O. The van der Waals surface area contributed by atoms with Crippen LogP contribution in [0.5, 0.6) is 0 Å². The minimum Gasteiger partial charge on any atom is -0.306 e. The van der Waals surface area contributed by atoms with Crippen molar-refractivity contribution in [2.24, 2.45) is 11.8 Å². The molecule has 0 N–H and O–H groups in total. The molecule has 0 saturated carbocycles. The first-order valence-electron chi connectivity index (χ1n) is 6.57. The zero-order valence-electron chi connectivity index (χ0n) is 10.6. The van der Waals surface area contributed by atoms with Crippen molar-refractivity contribution >= 4 is 5.78 Å². The highest BCUT2D eigenvalue weighted by molar-refractivity contribution is 5.83. The van der Waals surface area contributed by atoms with Gasteiger partial charge in [0.15, 0.2) is 0 Å². The summed E-state index contributed by atoms with van der Waals surface area (Å²) in [4.78, 5) is 17.0. The number of nitrogens with zero attached hydrogens (tertiary/aromatic N) is 2. The fourth-order valence-corrected chi connectivity index (χ4v) is 2.92. The van der Waals surface area contributed by atoms with Crippen LogP contribution in [0.15, 0.2) is 0 Å². The number of rotatable bonds is 2. The number of hydrogen-bond acceptors (Lipinski definition) is 3. The predicted octanol–water partition coefficient (Wildman–Crippen LogP) is 1.24. The van der Waals surface area contributed by atoms with Crippen molar-refractivity contribution < 1.29 is 4.79 Å². The maximum atomic E-state index is 12.3. The third kappa shape index (κ3) is 2.83. The lowest BCUT2D eigenvalue weighted by atomic mass is 9.81. The molecule has 2 heterocycles. The largest absolute Gasteiger partial charge is 0.306 e. The Morgan fingerprint density at radius 1 is 0.812 bits per heavy atom. The van der Waals surface area contributed by atoms with Gasteiger partial charge in [0.2, 0.25) is 0 Å². The summed E-state index contributed by atoms with van der Waals surface area (Å²) in [5, 5.41) is 0. The molecular weight excluding hydrogens is 200 g/mol.